The van der Waals surface area contributed by atoms with Gasteiger partial charge in [0.2, 0.25) is 0 Å². The molecule has 3 aromatic rings. The number of benzene rings is 3. The first kappa shape index (κ1) is 19.4. The van der Waals surface area contributed by atoms with E-state index in [-0.39, 0.29) is 10.5 Å². The van der Waals surface area contributed by atoms with Crippen molar-refractivity contribution >= 4 is 27.3 Å². The lowest BCUT2D eigenvalue weighted by Gasteiger charge is -2.19. The first-order valence-electron chi connectivity index (χ1n) is 8.51. The number of carbonyl (C=O) groups is 1. The molecule has 1 N–H and O–H groups in total. The van der Waals surface area contributed by atoms with Gasteiger partial charge in [-0.3, -0.25) is 9.10 Å². The number of anilines is 2. The van der Waals surface area contributed by atoms with E-state index < -0.39 is 15.9 Å². The van der Waals surface area contributed by atoms with Crippen molar-refractivity contribution < 1.29 is 17.9 Å². The van der Waals surface area contributed by atoms with Crippen LogP contribution in [0.5, 0.6) is 5.75 Å². The number of hydrogen-bond donors (Lipinski definition) is 1. The van der Waals surface area contributed by atoms with Gasteiger partial charge >= 0.3 is 0 Å². The predicted octanol–water partition coefficient (Wildman–Crippen LogP) is 3.77. The molecule has 0 saturated carbocycles. The molecule has 0 fully saturated rings. The van der Waals surface area contributed by atoms with E-state index in [9.17, 15) is 13.2 Å². The van der Waals surface area contributed by atoms with Gasteiger partial charge in [-0.1, -0.05) is 24.3 Å². The van der Waals surface area contributed by atoms with Crippen LogP contribution >= 0.6 is 0 Å². The molecule has 0 aromatic heterocycles. The van der Waals surface area contributed by atoms with Crippen molar-refractivity contribution in [3.8, 4) is 5.75 Å². The molecule has 0 spiro atoms. The molecule has 28 heavy (non-hydrogen) atoms. The summed E-state index contributed by atoms with van der Waals surface area (Å²) in [7, 11) is -0.751. The second-order valence-corrected chi connectivity index (χ2v) is 7.99. The predicted molar refractivity (Wildman–Crippen MR) is 109 cm³/mol. The number of amides is 1. The molecular weight excluding hydrogens is 376 g/mol. The second-order valence-electron chi connectivity index (χ2n) is 6.02. The number of hydrogen-bond acceptors (Lipinski definition) is 4. The Morgan fingerprint density at radius 3 is 2.25 bits per heavy atom. The number of methoxy groups -OCH3 is 1. The molecule has 3 aromatic carbocycles. The minimum atomic E-state index is -3.79. The topological polar surface area (TPSA) is 75.7 Å². The van der Waals surface area contributed by atoms with E-state index in [0.717, 1.165) is 0 Å². The van der Waals surface area contributed by atoms with Crippen LogP contribution in [-0.4, -0.2) is 28.5 Å². The number of nitrogens with one attached hydrogen (secondary N) is 1. The van der Waals surface area contributed by atoms with E-state index in [1.807, 2.05) is 6.07 Å². The Balaban J connectivity index is 1.83. The minimum absolute atomic E-state index is 0.0428. The lowest BCUT2D eigenvalue weighted by atomic mass is 10.2. The smallest absolute Gasteiger partial charge is 0.264 e. The van der Waals surface area contributed by atoms with Crippen molar-refractivity contribution in [1.29, 1.82) is 0 Å². The summed E-state index contributed by atoms with van der Waals surface area (Å²) >= 11 is 0. The van der Waals surface area contributed by atoms with Crippen molar-refractivity contribution in [3.05, 3.63) is 84.4 Å². The molecule has 0 radical (unpaired) electrons. The fourth-order valence-electron chi connectivity index (χ4n) is 2.61. The third-order valence-electron chi connectivity index (χ3n) is 4.22. The molecule has 144 valence electrons. The second kappa shape index (κ2) is 8.14. The quantitative estimate of drug-likeness (QED) is 0.688. The van der Waals surface area contributed by atoms with Gasteiger partial charge in [0.05, 0.1) is 17.7 Å². The number of para-hydroxylation sites is 1. The molecule has 0 aliphatic carbocycles. The molecule has 0 aliphatic heterocycles. The Labute approximate surface area is 164 Å². The van der Waals surface area contributed by atoms with E-state index >= 15 is 0 Å². The molecule has 0 aliphatic rings. The van der Waals surface area contributed by atoms with Crippen LogP contribution in [0.4, 0.5) is 11.4 Å². The Morgan fingerprint density at radius 1 is 0.929 bits per heavy atom. The number of ether oxygens (including phenoxy) is 1. The Morgan fingerprint density at radius 2 is 1.61 bits per heavy atom. The normalized spacial score (nSPS) is 10.9. The average molecular weight is 396 g/mol. The van der Waals surface area contributed by atoms with Crippen molar-refractivity contribution in [3.63, 3.8) is 0 Å². The van der Waals surface area contributed by atoms with Crippen molar-refractivity contribution in [2.45, 2.75) is 4.90 Å². The largest absolute Gasteiger partial charge is 0.497 e. The highest BCUT2D eigenvalue weighted by Gasteiger charge is 2.22. The van der Waals surface area contributed by atoms with E-state index in [2.05, 4.69) is 5.32 Å². The summed E-state index contributed by atoms with van der Waals surface area (Å²) in [4.78, 5) is 12.6. The summed E-state index contributed by atoms with van der Waals surface area (Å²) in [6.07, 6.45) is 0. The van der Waals surface area contributed by atoms with Gasteiger partial charge in [-0.15, -0.1) is 0 Å². The summed E-state index contributed by atoms with van der Waals surface area (Å²) in [5, 5.41) is 2.75. The molecule has 1 amide bonds. The molecule has 0 atom stereocenters. The fourth-order valence-corrected chi connectivity index (χ4v) is 3.85. The first-order valence-corrected chi connectivity index (χ1v) is 9.95. The van der Waals surface area contributed by atoms with Gasteiger partial charge in [0.1, 0.15) is 5.75 Å². The molecule has 0 heterocycles. The van der Waals surface area contributed by atoms with Crippen LogP contribution in [0.2, 0.25) is 0 Å². The standard InChI is InChI=1S/C21H20N2O4S/c1-23(18-8-4-3-5-9-18)28(25,26)20-10-6-7-16(15-20)21(24)22-17-11-13-19(27-2)14-12-17/h3-15H,1-2H3,(H,22,24). The van der Waals surface area contributed by atoms with Gasteiger partial charge < -0.3 is 10.1 Å². The maximum atomic E-state index is 12.9. The van der Waals surface area contributed by atoms with E-state index in [0.29, 0.717) is 17.1 Å². The fraction of sp³-hybridized carbons (Fsp3) is 0.0952. The van der Waals surface area contributed by atoms with Crippen LogP contribution in [0, 0.1) is 0 Å². The SMILES string of the molecule is COc1ccc(NC(=O)c2cccc(S(=O)(=O)N(C)c3ccccc3)c2)cc1. The molecule has 7 heteroatoms. The van der Waals surface area contributed by atoms with Crippen LogP contribution in [0.1, 0.15) is 10.4 Å². The zero-order valence-corrected chi connectivity index (χ0v) is 16.3. The number of nitrogens with zero attached hydrogens (tertiary/aromatic N) is 1. The Kier molecular flexibility index (Phi) is 5.65. The summed E-state index contributed by atoms with van der Waals surface area (Å²) in [6, 6.07) is 21.6. The third-order valence-corrected chi connectivity index (χ3v) is 6.00. The maximum absolute atomic E-state index is 12.9. The molecule has 6 nitrogen and oxygen atoms in total. The molecule has 3 rings (SSSR count). The van der Waals surface area contributed by atoms with Crippen LogP contribution in [0.15, 0.2) is 83.8 Å². The van der Waals surface area contributed by atoms with Crippen LogP contribution in [0.3, 0.4) is 0 Å². The highest BCUT2D eigenvalue weighted by molar-refractivity contribution is 7.92. The summed E-state index contributed by atoms with van der Waals surface area (Å²) in [5.41, 5.74) is 1.37. The Hall–Kier alpha value is -3.32. The van der Waals surface area contributed by atoms with E-state index in [1.54, 1.807) is 67.8 Å². The van der Waals surface area contributed by atoms with Gasteiger partial charge in [0, 0.05) is 18.3 Å². The van der Waals surface area contributed by atoms with E-state index in [1.165, 1.54) is 23.5 Å². The van der Waals surface area contributed by atoms with Crippen molar-refractivity contribution in [2.75, 3.05) is 23.8 Å². The average Bonchev–Trinajstić information content (AvgIpc) is 2.74. The number of sulfonamides is 1. The summed E-state index contributed by atoms with van der Waals surface area (Å²) in [5.74, 6) is 0.277. The first-order chi connectivity index (χ1) is 13.4. The Bertz CT molecular complexity index is 1070. The molecular formula is C21H20N2O4S. The van der Waals surface area contributed by atoms with Crippen LogP contribution in [0.25, 0.3) is 0 Å². The highest BCUT2D eigenvalue weighted by atomic mass is 32.2. The van der Waals surface area contributed by atoms with Gasteiger partial charge in [0.25, 0.3) is 15.9 Å². The lowest BCUT2D eigenvalue weighted by Crippen LogP contribution is -2.26. The zero-order valence-electron chi connectivity index (χ0n) is 15.5. The molecule has 0 saturated heterocycles. The van der Waals surface area contributed by atoms with Crippen molar-refractivity contribution in [2.24, 2.45) is 0 Å². The van der Waals surface area contributed by atoms with Crippen LogP contribution in [-0.2, 0) is 10.0 Å². The summed E-state index contributed by atoms with van der Waals surface area (Å²) < 4.78 is 32.1. The van der Waals surface area contributed by atoms with Gasteiger partial charge in [-0.05, 0) is 54.6 Å². The minimum Gasteiger partial charge on any atom is -0.497 e. The van der Waals surface area contributed by atoms with Gasteiger partial charge in [0.15, 0.2) is 0 Å². The number of rotatable bonds is 6. The zero-order chi connectivity index (χ0) is 20.1. The molecule has 0 bridgehead atoms. The monoisotopic (exact) mass is 396 g/mol. The number of carbonyl (C=O) groups excluding carboxylic acids is 1. The molecule has 0 unspecified atom stereocenters. The van der Waals surface area contributed by atoms with Gasteiger partial charge in [-0.2, -0.15) is 0 Å². The third kappa shape index (κ3) is 4.15. The summed E-state index contributed by atoms with van der Waals surface area (Å²) in [6.45, 7) is 0. The highest BCUT2D eigenvalue weighted by Crippen LogP contribution is 2.23. The van der Waals surface area contributed by atoms with Crippen LogP contribution < -0.4 is 14.4 Å². The lowest BCUT2D eigenvalue weighted by molar-refractivity contribution is 0.102. The van der Waals surface area contributed by atoms with Gasteiger partial charge in [-0.25, -0.2) is 8.42 Å². The van der Waals surface area contributed by atoms with Crippen molar-refractivity contribution in [1.82, 2.24) is 0 Å². The maximum Gasteiger partial charge on any atom is 0.264 e. The van der Waals surface area contributed by atoms with E-state index in [4.69, 9.17) is 4.74 Å².